The Balaban J connectivity index is 1.97. The number of hydrogen-bond donors (Lipinski definition) is 2. The minimum absolute atomic E-state index is 0.155. The van der Waals surface area contributed by atoms with E-state index in [0.29, 0.717) is 19.4 Å². The lowest BCUT2D eigenvalue weighted by atomic mass is 9.82. The van der Waals surface area contributed by atoms with Gasteiger partial charge >= 0.3 is 5.97 Å². The standard InChI is InChI=1S/C18H25NO4/c1-3-18(4-2,17(21)22)12-19-16(20)11-15-14-8-6-5-7-13(14)9-10-23-15/h5-8,15H,3-4,9-12H2,1-2H3,(H,19,20)(H,21,22). The number of nitrogens with one attached hydrogen (secondary N) is 1. The van der Waals surface area contributed by atoms with Gasteiger partial charge in [0.2, 0.25) is 5.91 Å². The first kappa shape index (κ1) is 17.5. The predicted molar refractivity (Wildman–Crippen MR) is 87.1 cm³/mol. The summed E-state index contributed by atoms with van der Waals surface area (Å²) in [7, 11) is 0. The molecule has 0 bridgehead atoms. The minimum atomic E-state index is -0.888. The lowest BCUT2D eigenvalue weighted by Gasteiger charge is -2.28. The number of rotatable bonds is 7. The average Bonchev–Trinajstić information content (AvgIpc) is 2.56. The largest absolute Gasteiger partial charge is 0.481 e. The summed E-state index contributed by atoms with van der Waals surface area (Å²) in [6.45, 7) is 4.44. The molecule has 1 atom stereocenters. The molecule has 23 heavy (non-hydrogen) atoms. The van der Waals surface area contributed by atoms with Gasteiger partial charge in [0, 0.05) is 6.54 Å². The highest BCUT2D eigenvalue weighted by Gasteiger charge is 2.35. The average molecular weight is 319 g/mol. The Morgan fingerprint density at radius 2 is 2.00 bits per heavy atom. The van der Waals surface area contributed by atoms with Crippen LogP contribution in [-0.4, -0.2) is 30.1 Å². The first-order valence-corrected chi connectivity index (χ1v) is 8.22. The van der Waals surface area contributed by atoms with E-state index in [1.165, 1.54) is 5.56 Å². The Morgan fingerprint density at radius 3 is 2.65 bits per heavy atom. The van der Waals surface area contributed by atoms with Gasteiger partial charge in [-0.1, -0.05) is 38.1 Å². The summed E-state index contributed by atoms with van der Waals surface area (Å²) in [6.07, 6.45) is 1.81. The molecule has 1 amide bonds. The van der Waals surface area contributed by atoms with Crippen LogP contribution in [0.5, 0.6) is 0 Å². The molecule has 0 fully saturated rings. The molecule has 0 spiro atoms. The van der Waals surface area contributed by atoms with Crippen LogP contribution >= 0.6 is 0 Å². The Labute approximate surface area is 137 Å². The first-order valence-electron chi connectivity index (χ1n) is 8.22. The van der Waals surface area contributed by atoms with Crippen LogP contribution in [0.25, 0.3) is 0 Å². The zero-order valence-electron chi connectivity index (χ0n) is 13.8. The van der Waals surface area contributed by atoms with Gasteiger partial charge in [0.1, 0.15) is 0 Å². The quantitative estimate of drug-likeness (QED) is 0.810. The van der Waals surface area contributed by atoms with Crippen LogP contribution in [0.15, 0.2) is 24.3 Å². The number of carboxylic acid groups (broad SMARTS) is 1. The predicted octanol–water partition coefficient (Wildman–Crippen LogP) is 2.70. The maximum atomic E-state index is 12.2. The number of amides is 1. The van der Waals surface area contributed by atoms with Crippen LogP contribution in [0.1, 0.15) is 50.3 Å². The van der Waals surface area contributed by atoms with Crippen molar-refractivity contribution in [1.29, 1.82) is 0 Å². The summed E-state index contributed by atoms with van der Waals surface area (Å²) in [6, 6.07) is 7.99. The molecule has 0 aromatic heterocycles. The number of benzene rings is 1. The van der Waals surface area contributed by atoms with Crippen molar-refractivity contribution in [3.05, 3.63) is 35.4 Å². The molecular formula is C18H25NO4. The van der Waals surface area contributed by atoms with E-state index in [4.69, 9.17) is 4.74 Å². The fourth-order valence-electron chi connectivity index (χ4n) is 3.03. The number of fused-ring (bicyclic) bond motifs is 1. The van der Waals surface area contributed by atoms with Crippen molar-refractivity contribution in [2.75, 3.05) is 13.2 Å². The van der Waals surface area contributed by atoms with Crippen LogP contribution in [-0.2, 0) is 20.7 Å². The van der Waals surface area contributed by atoms with Crippen molar-refractivity contribution in [3.63, 3.8) is 0 Å². The second-order valence-electron chi connectivity index (χ2n) is 6.08. The molecule has 2 N–H and O–H groups in total. The third-order valence-electron chi connectivity index (χ3n) is 4.89. The lowest BCUT2D eigenvalue weighted by molar-refractivity contribution is -0.149. The maximum Gasteiger partial charge on any atom is 0.311 e. The fraction of sp³-hybridized carbons (Fsp3) is 0.556. The Hall–Kier alpha value is -1.88. The van der Waals surface area contributed by atoms with Crippen LogP contribution in [0, 0.1) is 5.41 Å². The maximum absolute atomic E-state index is 12.2. The number of aliphatic carboxylic acids is 1. The molecular weight excluding hydrogens is 294 g/mol. The molecule has 5 nitrogen and oxygen atoms in total. The van der Waals surface area contributed by atoms with Gasteiger partial charge in [-0.15, -0.1) is 0 Å². The van der Waals surface area contributed by atoms with Gasteiger partial charge in [-0.05, 0) is 30.4 Å². The number of hydrogen-bond acceptors (Lipinski definition) is 3. The van der Waals surface area contributed by atoms with E-state index in [0.717, 1.165) is 12.0 Å². The van der Waals surface area contributed by atoms with Gasteiger partial charge in [0.15, 0.2) is 0 Å². The minimum Gasteiger partial charge on any atom is -0.481 e. The third-order valence-corrected chi connectivity index (χ3v) is 4.89. The molecule has 0 saturated heterocycles. The summed E-state index contributed by atoms with van der Waals surface area (Å²) in [5.74, 6) is -1.03. The van der Waals surface area contributed by atoms with E-state index in [2.05, 4.69) is 11.4 Å². The summed E-state index contributed by atoms with van der Waals surface area (Å²) >= 11 is 0. The van der Waals surface area contributed by atoms with E-state index >= 15 is 0 Å². The zero-order chi connectivity index (χ0) is 16.9. The summed E-state index contributed by atoms with van der Waals surface area (Å²) < 4.78 is 5.73. The van der Waals surface area contributed by atoms with Crippen molar-refractivity contribution < 1.29 is 19.4 Å². The fourth-order valence-corrected chi connectivity index (χ4v) is 3.03. The van der Waals surface area contributed by atoms with Crippen LogP contribution in [0.2, 0.25) is 0 Å². The molecule has 0 aliphatic carbocycles. The zero-order valence-corrected chi connectivity index (χ0v) is 13.8. The Bertz CT molecular complexity index is 566. The highest BCUT2D eigenvalue weighted by atomic mass is 16.5. The molecule has 1 aliphatic heterocycles. The van der Waals surface area contributed by atoms with E-state index in [9.17, 15) is 14.7 Å². The van der Waals surface area contributed by atoms with Gasteiger partial charge in [-0.2, -0.15) is 0 Å². The third kappa shape index (κ3) is 3.91. The topological polar surface area (TPSA) is 75.6 Å². The lowest BCUT2D eigenvalue weighted by Crippen LogP contribution is -2.42. The second kappa shape index (κ2) is 7.59. The highest BCUT2D eigenvalue weighted by Crippen LogP contribution is 2.30. The molecule has 1 aromatic rings. The smallest absolute Gasteiger partial charge is 0.311 e. The molecule has 0 saturated carbocycles. The SMILES string of the molecule is CCC(CC)(CNC(=O)CC1OCCc2ccccc21)C(=O)O. The summed E-state index contributed by atoms with van der Waals surface area (Å²) in [5.41, 5.74) is 1.39. The number of carbonyl (C=O) groups excluding carboxylic acids is 1. The van der Waals surface area contributed by atoms with E-state index < -0.39 is 11.4 Å². The Kier molecular flexibility index (Phi) is 5.77. The summed E-state index contributed by atoms with van der Waals surface area (Å²) in [5, 5.41) is 12.2. The van der Waals surface area contributed by atoms with Gasteiger partial charge in [-0.3, -0.25) is 9.59 Å². The van der Waals surface area contributed by atoms with Crippen molar-refractivity contribution in [2.45, 2.75) is 45.6 Å². The molecule has 1 aliphatic rings. The molecule has 0 radical (unpaired) electrons. The van der Waals surface area contributed by atoms with Gasteiger partial charge in [-0.25, -0.2) is 0 Å². The number of carboxylic acids is 1. The van der Waals surface area contributed by atoms with Crippen LogP contribution in [0.3, 0.4) is 0 Å². The van der Waals surface area contributed by atoms with Gasteiger partial charge in [0.25, 0.3) is 0 Å². The van der Waals surface area contributed by atoms with Gasteiger partial charge in [0.05, 0.1) is 24.5 Å². The van der Waals surface area contributed by atoms with Gasteiger partial charge < -0.3 is 15.2 Å². The molecule has 2 rings (SSSR count). The molecule has 5 heteroatoms. The second-order valence-corrected chi connectivity index (χ2v) is 6.08. The van der Waals surface area contributed by atoms with Crippen LogP contribution in [0.4, 0.5) is 0 Å². The monoisotopic (exact) mass is 319 g/mol. The van der Waals surface area contributed by atoms with Crippen LogP contribution < -0.4 is 5.32 Å². The molecule has 1 unspecified atom stereocenters. The molecule has 1 aromatic carbocycles. The molecule has 1 heterocycles. The van der Waals surface area contributed by atoms with E-state index in [1.54, 1.807) is 0 Å². The molecule has 126 valence electrons. The normalized spacial score (nSPS) is 17.4. The first-order chi connectivity index (χ1) is 11.0. The van der Waals surface area contributed by atoms with E-state index in [1.807, 2.05) is 32.0 Å². The Morgan fingerprint density at radius 1 is 1.30 bits per heavy atom. The van der Waals surface area contributed by atoms with Crippen molar-refractivity contribution in [2.24, 2.45) is 5.41 Å². The van der Waals surface area contributed by atoms with Crippen molar-refractivity contribution in [3.8, 4) is 0 Å². The van der Waals surface area contributed by atoms with Crippen molar-refractivity contribution >= 4 is 11.9 Å². The van der Waals surface area contributed by atoms with E-state index in [-0.39, 0.29) is 25.0 Å². The highest BCUT2D eigenvalue weighted by molar-refractivity contribution is 5.79. The van der Waals surface area contributed by atoms with Crippen molar-refractivity contribution in [1.82, 2.24) is 5.32 Å². The number of carbonyl (C=O) groups is 2. The number of ether oxygens (including phenoxy) is 1. The summed E-state index contributed by atoms with van der Waals surface area (Å²) in [4.78, 5) is 23.7.